The van der Waals surface area contributed by atoms with Gasteiger partial charge in [-0.3, -0.25) is 4.57 Å². The van der Waals surface area contributed by atoms with Crippen molar-refractivity contribution in [2.75, 3.05) is 0 Å². The number of imidazole rings is 1. The van der Waals surface area contributed by atoms with E-state index in [1.165, 1.54) is 16.7 Å². The van der Waals surface area contributed by atoms with Crippen molar-refractivity contribution in [3.63, 3.8) is 0 Å². The molecule has 3 heteroatoms. The van der Waals surface area contributed by atoms with Gasteiger partial charge in [0, 0.05) is 22.0 Å². The lowest BCUT2D eigenvalue weighted by atomic mass is 9.90. The molecule has 0 N–H and O–H groups in total. The molecule has 0 unspecified atom stereocenters. The maximum atomic E-state index is 6.11. The van der Waals surface area contributed by atoms with E-state index in [0.717, 1.165) is 50.0 Å². The molecule has 0 amide bonds. The van der Waals surface area contributed by atoms with E-state index >= 15 is 0 Å². The number of nitrogens with zero attached hydrogens (tertiary/aromatic N) is 2. The van der Waals surface area contributed by atoms with Crippen LogP contribution < -0.4 is 0 Å². The van der Waals surface area contributed by atoms with Crippen LogP contribution in [0.25, 0.3) is 61.2 Å². The van der Waals surface area contributed by atoms with Gasteiger partial charge in [-0.2, -0.15) is 0 Å². The van der Waals surface area contributed by atoms with E-state index in [9.17, 15) is 0 Å². The van der Waals surface area contributed by atoms with Crippen LogP contribution in [0, 0.1) is 0 Å². The van der Waals surface area contributed by atoms with E-state index < -0.39 is 0 Å². The Morgan fingerprint density at radius 2 is 1.30 bits per heavy atom. The summed E-state index contributed by atoms with van der Waals surface area (Å²) in [5.41, 5.74) is 9.81. The van der Waals surface area contributed by atoms with Crippen molar-refractivity contribution >= 4 is 33.0 Å². The summed E-state index contributed by atoms with van der Waals surface area (Å²) in [6, 6.07) is 40.4. The lowest BCUT2D eigenvalue weighted by Gasteiger charge is -2.17. The summed E-state index contributed by atoms with van der Waals surface area (Å²) >= 11 is 0. The molecule has 0 saturated heterocycles. The fourth-order valence-corrected chi connectivity index (χ4v) is 5.48. The zero-order valence-electron chi connectivity index (χ0n) is 20.8. The van der Waals surface area contributed by atoms with E-state index in [1.54, 1.807) is 0 Å². The number of fused-ring (bicyclic) bond motifs is 4. The van der Waals surface area contributed by atoms with E-state index in [2.05, 4.69) is 122 Å². The standard InChI is InChI=1S/C34H26N2O/c1-22(2)24-11-3-4-12-25(24)26-13-5-6-15-28(26)34-35-30-16-8-9-17-31(30)36(34)23-19-20-33-29(21-23)27-14-7-10-18-32(27)37-33/h3-22H,1-2H3. The van der Waals surface area contributed by atoms with Crippen molar-refractivity contribution in [2.45, 2.75) is 19.8 Å². The Labute approximate surface area is 215 Å². The van der Waals surface area contributed by atoms with Crippen LogP contribution in [0.5, 0.6) is 0 Å². The molecule has 0 spiro atoms. The zero-order chi connectivity index (χ0) is 24.9. The van der Waals surface area contributed by atoms with Gasteiger partial charge in [0.15, 0.2) is 0 Å². The maximum absolute atomic E-state index is 6.11. The molecule has 0 atom stereocenters. The first-order valence-corrected chi connectivity index (χ1v) is 12.8. The normalized spacial score (nSPS) is 11.8. The molecule has 0 fully saturated rings. The molecular weight excluding hydrogens is 452 g/mol. The van der Waals surface area contributed by atoms with Crippen LogP contribution in [0.4, 0.5) is 0 Å². The Bertz CT molecular complexity index is 1920. The fraction of sp³-hybridized carbons (Fsp3) is 0.0882. The van der Waals surface area contributed by atoms with E-state index in [4.69, 9.17) is 9.40 Å². The maximum Gasteiger partial charge on any atom is 0.146 e. The first kappa shape index (κ1) is 21.6. The second-order valence-electron chi connectivity index (χ2n) is 9.83. The van der Waals surface area contributed by atoms with Crippen LogP contribution in [0.15, 0.2) is 120 Å². The molecule has 178 valence electrons. The zero-order valence-corrected chi connectivity index (χ0v) is 20.8. The second-order valence-corrected chi connectivity index (χ2v) is 9.83. The van der Waals surface area contributed by atoms with E-state index in [0.29, 0.717) is 5.92 Å². The molecule has 3 nitrogen and oxygen atoms in total. The fourth-order valence-electron chi connectivity index (χ4n) is 5.48. The van der Waals surface area contributed by atoms with Gasteiger partial charge in [-0.15, -0.1) is 0 Å². The molecule has 0 aliphatic rings. The average molecular weight is 479 g/mol. The Balaban J connectivity index is 1.52. The summed E-state index contributed by atoms with van der Waals surface area (Å²) in [6.45, 7) is 4.50. The average Bonchev–Trinajstić information content (AvgIpc) is 3.51. The third-order valence-electron chi connectivity index (χ3n) is 7.22. The molecule has 5 aromatic carbocycles. The minimum atomic E-state index is 0.417. The molecule has 2 aromatic heterocycles. The minimum absolute atomic E-state index is 0.417. The minimum Gasteiger partial charge on any atom is -0.456 e. The number of rotatable bonds is 4. The number of hydrogen-bond donors (Lipinski definition) is 0. The third kappa shape index (κ3) is 3.47. The van der Waals surface area contributed by atoms with Crippen LogP contribution in [0.1, 0.15) is 25.3 Å². The largest absolute Gasteiger partial charge is 0.456 e. The second kappa shape index (κ2) is 8.49. The number of benzene rings is 5. The van der Waals surface area contributed by atoms with Gasteiger partial charge < -0.3 is 4.42 Å². The van der Waals surface area contributed by atoms with Gasteiger partial charge in [0.25, 0.3) is 0 Å². The molecule has 0 saturated carbocycles. The summed E-state index contributed by atoms with van der Waals surface area (Å²) in [5.74, 6) is 1.35. The van der Waals surface area contributed by atoms with Crippen LogP contribution in [0.2, 0.25) is 0 Å². The number of furan rings is 1. The van der Waals surface area contributed by atoms with Crippen LogP contribution in [0.3, 0.4) is 0 Å². The molecule has 37 heavy (non-hydrogen) atoms. The van der Waals surface area contributed by atoms with Gasteiger partial charge in [0.1, 0.15) is 17.0 Å². The quantitative estimate of drug-likeness (QED) is 0.252. The van der Waals surface area contributed by atoms with Gasteiger partial charge in [0.05, 0.1) is 11.0 Å². The van der Waals surface area contributed by atoms with E-state index in [1.807, 2.05) is 12.1 Å². The van der Waals surface area contributed by atoms with Crippen molar-refractivity contribution in [3.05, 3.63) is 121 Å². The van der Waals surface area contributed by atoms with Crippen molar-refractivity contribution < 1.29 is 4.42 Å². The summed E-state index contributed by atoms with van der Waals surface area (Å²) in [4.78, 5) is 5.19. The predicted molar refractivity (Wildman–Crippen MR) is 153 cm³/mol. The SMILES string of the molecule is CC(C)c1ccccc1-c1ccccc1-c1nc2ccccc2n1-c1ccc2oc3ccccc3c2c1. The highest BCUT2D eigenvalue weighted by Crippen LogP contribution is 2.39. The predicted octanol–water partition coefficient (Wildman–Crippen LogP) is 9.38. The highest BCUT2D eigenvalue weighted by Gasteiger charge is 2.20. The third-order valence-corrected chi connectivity index (χ3v) is 7.22. The molecule has 0 aliphatic carbocycles. The van der Waals surface area contributed by atoms with Gasteiger partial charge in [0.2, 0.25) is 0 Å². The Morgan fingerprint density at radius 1 is 0.622 bits per heavy atom. The van der Waals surface area contributed by atoms with Crippen LogP contribution in [-0.2, 0) is 0 Å². The molecule has 0 radical (unpaired) electrons. The van der Waals surface area contributed by atoms with Crippen molar-refractivity contribution in [1.29, 1.82) is 0 Å². The summed E-state index contributed by atoms with van der Waals surface area (Å²) in [6.07, 6.45) is 0. The summed E-state index contributed by atoms with van der Waals surface area (Å²) in [7, 11) is 0. The molecular formula is C34H26N2O. The molecule has 7 aromatic rings. The monoisotopic (exact) mass is 478 g/mol. The van der Waals surface area contributed by atoms with Gasteiger partial charge in [-0.05, 0) is 59.0 Å². The van der Waals surface area contributed by atoms with Gasteiger partial charge in [-0.25, -0.2) is 4.98 Å². The highest BCUT2D eigenvalue weighted by atomic mass is 16.3. The summed E-state index contributed by atoms with van der Waals surface area (Å²) < 4.78 is 8.40. The molecule has 2 heterocycles. The van der Waals surface area contributed by atoms with Crippen molar-refractivity contribution in [2.24, 2.45) is 0 Å². The Morgan fingerprint density at radius 3 is 2.16 bits per heavy atom. The smallest absolute Gasteiger partial charge is 0.146 e. The Hall–Kier alpha value is -4.63. The van der Waals surface area contributed by atoms with Gasteiger partial charge in [-0.1, -0.05) is 92.7 Å². The first-order valence-electron chi connectivity index (χ1n) is 12.8. The van der Waals surface area contributed by atoms with E-state index in [-0.39, 0.29) is 0 Å². The van der Waals surface area contributed by atoms with Crippen molar-refractivity contribution in [3.8, 4) is 28.2 Å². The van der Waals surface area contributed by atoms with Gasteiger partial charge >= 0.3 is 0 Å². The topological polar surface area (TPSA) is 31.0 Å². The Kier molecular flexibility index (Phi) is 4.97. The van der Waals surface area contributed by atoms with Crippen molar-refractivity contribution in [1.82, 2.24) is 9.55 Å². The van der Waals surface area contributed by atoms with Crippen LogP contribution in [-0.4, -0.2) is 9.55 Å². The first-order chi connectivity index (χ1) is 18.2. The number of para-hydroxylation sites is 3. The lowest BCUT2D eigenvalue weighted by molar-refractivity contribution is 0.669. The van der Waals surface area contributed by atoms with Crippen LogP contribution >= 0.6 is 0 Å². The molecule has 0 aliphatic heterocycles. The number of hydrogen-bond acceptors (Lipinski definition) is 2. The molecule has 7 rings (SSSR count). The highest BCUT2D eigenvalue weighted by molar-refractivity contribution is 6.05. The molecule has 0 bridgehead atoms. The lowest BCUT2D eigenvalue weighted by Crippen LogP contribution is -2.00. The number of aromatic nitrogens is 2. The summed E-state index contributed by atoms with van der Waals surface area (Å²) in [5, 5.41) is 2.23.